The van der Waals surface area contributed by atoms with Gasteiger partial charge in [0.25, 0.3) is 0 Å². The van der Waals surface area contributed by atoms with Gasteiger partial charge in [0.15, 0.2) is 0 Å². The van der Waals surface area contributed by atoms with E-state index in [2.05, 4.69) is 10.1 Å². The van der Waals surface area contributed by atoms with E-state index in [-0.39, 0.29) is 17.8 Å². The lowest BCUT2D eigenvalue weighted by atomic mass is 10.0. The van der Waals surface area contributed by atoms with Gasteiger partial charge in [-0.3, -0.25) is 4.79 Å². The molecule has 0 aliphatic rings. The molecule has 1 aromatic rings. The van der Waals surface area contributed by atoms with Crippen LogP contribution in [0.25, 0.3) is 0 Å². The monoisotopic (exact) mass is 253 g/mol. The lowest BCUT2D eigenvalue weighted by Crippen LogP contribution is -2.35. The fourth-order valence-corrected chi connectivity index (χ4v) is 1.66. The molecule has 1 atom stereocenters. The zero-order valence-corrected chi connectivity index (χ0v) is 11.1. The lowest BCUT2D eigenvalue weighted by molar-refractivity contribution is -0.141. The fraction of sp³-hybridized carbons (Fsp3) is 0.500. The first-order chi connectivity index (χ1) is 8.52. The maximum absolute atomic E-state index is 12.7. The Labute approximate surface area is 107 Å². The molecular formula is C14H20FNO2. The van der Waals surface area contributed by atoms with Crippen LogP contribution in [0, 0.1) is 11.7 Å². The number of carbonyl (C=O) groups is 1. The normalized spacial score (nSPS) is 12.5. The molecule has 0 saturated carbocycles. The molecule has 1 N–H and O–H groups in total. The molecule has 1 aromatic carbocycles. The van der Waals surface area contributed by atoms with Crippen LogP contribution in [0.2, 0.25) is 0 Å². The molecule has 100 valence electrons. The van der Waals surface area contributed by atoms with Crippen molar-refractivity contribution in [2.45, 2.75) is 32.9 Å². The Hall–Kier alpha value is -1.42. The first kappa shape index (κ1) is 14.6. The Morgan fingerprint density at radius 3 is 2.44 bits per heavy atom. The largest absolute Gasteiger partial charge is 0.469 e. The molecule has 0 aliphatic heterocycles. The number of hydrogen-bond acceptors (Lipinski definition) is 3. The van der Waals surface area contributed by atoms with Crippen LogP contribution in [-0.4, -0.2) is 19.1 Å². The van der Waals surface area contributed by atoms with E-state index in [0.29, 0.717) is 18.9 Å². The van der Waals surface area contributed by atoms with Crippen LogP contribution in [-0.2, 0) is 16.1 Å². The third-order valence-corrected chi connectivity index (χ3v) is 2.90. The van der Waals surface area contributed by atoms with Crippen LogP contribution in [0.1, 0.15) is 25.8 Å². The van der Waals surface area contributed by atoms with Crippen molar-refractivity contribution < 1.29 is 13.9 Å². The van der Waals surface area contributed by atoms with Gasteiger partial charge in [-0.1, -0.05) is 26.0 Å². The number of esters is 1. The maximum Gasteiger partial charge on any atom is 0.307 e. The van der Waals surface area contributed by atoms with Gasteiger partial charge >= 0.3 is 5.97 Å². The molecule has 0 aliphatic carbocycles. The highest BCUT2D eigenvalue weighted by Gasteiger charge is 2.17. The van der Waals surface area contributed by atoms with Crippen molar-refractivity contribution in [3.63, 3.8) is 0 Å². The quantitative estimate of drug-likeness (QED) is 0.792. The number of hydrogen-bond donors (Lipinski definition) is 1. The summed E-state index contributed by atoms with van der Waals surface area (Å²) in [6.07, 6.45) is 0.343. The van der Waals surface area contributed by atoms with Crippen molar-refractivity contribution in [3.05, 3.63) is 35.6 Å². The highest BCUT2D eigenvalue weighted by molar-refractivity contribution is 5.69. The van der Waals surface area contributed by atoms with Crippen molar-refractivity contribution in [1.29, 1.82) is 0 Å². The van der Waals surface area contributed by atoms with Crippen molar-refractivity contribution in [3.8, 4) is 0 Å². The Bertz CT molecular complexity index is 376. The number of carbonyl (C=O) groups excluding carboxylic acids is 1. The van der Waals surface area contributed by atoms with Gasteiger partial charge in [0.1, 0.15) is 5.82 Å². The van der Waals surface area contributed by atoms with E-state index >= 15 is 0 Å². The van der Waals surface area contributed by atoms with Gasteiger partial charge in [0.2, 0.25) is 0 Å². The zero-order chi connectivity index (χ0) is 13.5. The van der Waals surface area contributed by atoms with Gasteiger partial charge in [-0.05, 0) is 23.6 Å². The van der Waals surface area contributed by atoms with E-state index in [1.807, 2.05) is 13.8 Å². The summed E-state index contributed by atoms with van der Waals surface area (Å²) in [5.74, 6) is -0.140. The summed E-state index contributed by atoms with van der Waals surface area (Å²) in [4.78, 5) is 11.3. The predicted molar refractivity (Wildman–Crippen MR) is 68.5 cm³/mol. The fourth-order valence-electron chi connectivity index (χ4n) is 1.66. The van der Waals surface area contributed by atoms with E-state index in [4.69, 9.17) is 0 Å². The van der Waals surface area contributed by atoms with Crippen LogP contribution in [0.4, 0.5) is 4.39 Å². The average Bonchev–Trinajstić information content (AvgIpc) is 2.35. The average molecular weight is 253 g/mol. The molecule has 4 heteroatoms. The maximum atomic E-state index is 12.7. The number of rotatable bonds is 6. The summed E-state index contributed by atoms with van der Waals surface area (Å²) in [6.45, 7) is 4.71. The molecule has 3 nitrogen and oxygen atoms in total. The lowest BCUT2D eigenvalue weighted by Gasteiger charge is -2.21. The Morgan fingerprint density at radius 2 is 1.94 bits per heavy atom. The highest BCUT2D eigenvalue weighted by Crippen LogP contribution is 2.09. The number of nitrogens with one attached hydrogen (secondary N) is 1. The molecule has 0 saturated heterocycles. The van der Waals surface area contributed by atoms with Gasteiger partial charge in [-0.25, -0.2) is 4.39 Å². The smallest absolute Gasteiger partial charge is 0.307 e. The molecular weight excluding hydrogens is 233 g/mol. The number of benzene rings is 1. The van der Waals surface area contributed by atoms with Crippen molar-refractivity contribution >= 4 is 5.97 Å². The van der Waals surface area contributed by atoms with Crippen molar-refractivity contribution in [2.24, 2.45) is 5.92 Å². The minimum Gasteiger partial charge on any atom is -0.469 e. The zero-order valence-electron chi connectivity index (χ0n) is 11.1. The molecule has 0 aromatic heterocycles. The van der Waals surface area contributed by atoms with Crippen molar-refractivity contribution in [2.75, 3.05) is 7.11 Å². The summed E-state index contributed by atoms with van der Waals surface area (Å²) >= 11 is 0. The topological polar surface area (TPSA) is 38.3 Å². The molecule has 0 spiro atoms. The molecule has 18 heavy (non-hydrogen) atoms. The molecule has 0 radical (unpaired) electrons. The standard InChI is InChI=1S/C14H20FNO2/c1-10(2)13(8-14(17)18-3)16-9-11-4-6-12(15)7-5-11/h4-7,10,13,16H,8-9H2,1-3H3. The molecule has 1 rings (SSSR count). The number of ether oxygens (including phenoxy) is 1. The van der Waals surface area contributed by atoms with Gasteiger partial charge in [-0.15, -0.1) is 0 Å². The number of methoxy groups -OCH3 is 1. The van der Waals surface area contributed by atoms with E-state index in [9.17, 15) is 9.18 Å². The Kier molecular flexibility index (Phi) is 5.78. The number of halogens is 1. The van der Waals surface area contributed by atoms with E-state index in [0.717, 1.165) is 5.56 Å². The van der Waals surface area contributed by atoms with Crippen molar-refractivity contribution in [1.82, 2.24) is 5.32 Å². The first-order valence-corrected chi connectivity index (χ1v) is 6.07. The van der Waals surface area contributed by atoms with E-state index in [1.54, 1.807) is 12.1 Å². The third kappa shape index (κ3) is 4.84. The molecule has 0 heterocycles. The SMILES string of the molecule is COC(=O)CC(NCc1ccc(F)cc1)C(C)C. The molecule has 0 fully saturated rings. The second-order valence-corrected chi connectivity index (χ2v) is 4.64. The van der Waals surface area contributed by atoms with Crippen LogP contribution in [0.15, 0.2) is 24.3 Å². The summed E-state index contributed by atoms with van der Waals surface area (Å²) in [5.41, 5.74) is 0.993. The Morgan fingerprint density at radius 1 is 1.33 bits per heavy atom. The molecule has 0 bridgehead atoms. The van der Waals surface area contributed by atoms with Crippen LogP contribution >= 0.6 is 0 Å². The summed E-state index contributed by atoms with van der Waals surface area (Å²) in [7, 11) is 1.39. The second kappa shape index (κ2) is 7.11. The summed E-state index contributed by atoms with van der Waals surface area (Å²) < 4.78 is 17.4. The van der Waals surface area contributed by atoms with Gasteiger partial charge < -0.3 is 10.1 Å². The minimum atomic E-state index is -0.242. The summed E-state index contributed by atoms with van der Waals surface area (Å²) in [5, 5.41) is 3.30. The molecule has 0 amide bonds. The minimum absolute atomic E-state index is 0.0579. The van der Waals surface area contributed by atoms with Crippen LogP contribution < -0.4 is 5.32 Å². The first-order valence-electron chi connectivity index (χ1n) is 6.07. The van der Waals surface area contributed by atoms with Crippen LogP contribution in [0.5, 0.6) is 0 Å². The third-order valence-electron chi connectivity index (χ3n) is 2.90. The van der Waals surface area contributed by atoms with Gasteiger partial charge in [0, 0.05) is 12.6 Å². The van der Waals surface area contributed by atoms with Crippen LogP contribution in [0.3, 0.4) is 0 Å². The Balaban J connectivity index is 2.51. The predicted octanol–water partition coefficient (Wildman–Crippen LogP) is 2.50. The van der Waals surface area contributed by atoms with Gasteiger partial charge in [-0.2, -0.15) is 0 Å². The molecule has 1 unspecified atom stereocenters. The van der Waals surface area contributed by atoms with Gasteiger partial charge in [0.05, 0.1) is 13.5 Å². The van der Waals surface area contributed by atoms with E-state index in [1.165, 1.54) is 19.2 Å². The second-order valence-electron chi connectivity index (χ2n) is 4.64. The van der Waals surface area contributed by atoms with E-state index < -0.39 is 0 Å². The summed E-state index contributed by atoms with van der Waals surface area (Å²) in [6, 6.07) is 6.39. The highest BCUT2D eigenvalue weighted by atomic mass is 19.1.